The van der Waals surface area contributed by atoms with Crippen LogP contribution in [0.1, 0.15) is 33.6 Å². The van der Waals surface area contributed by atoms with Gasteiger partial charge in [0.05, 0.1) is 5.69 Å². The third-order valence-corrected chi connectivity index (χ3v) is 6.21. The van der Waals surface area contributed by atoms with Crippen molar-refractivity contribution in [2.75, 3.05) is 18.0 Å². The molecule has 1 N–H and O–H groups in total. The number of anilines is 1. The molecule has 0 radical (unpaired) electrons. The first-order valence-electron chi connectivity index (χ1n) is 7.87. The summed E-state index contributed by atoms with van der Waals surface area (Å²) in [5.74, 6) is 1.49. The van der Waals surface area contributed by atoms with Gasteiger partial charge in [-0.3, -0.25) is 0 Å². The standard InChI is InChI=1S/C17H24Br2N2/c1-11(2)16-9-20-17(3,12-4-5-12)10-21(16)15-7-6-13(18)8-14(15)19/h6-8,11-12,16,20H,4-5,9-10H2,1-3H3. The number of halogens is 2. The van der Waals surface area contributed by atoms with Gasteiger partial charge in [0, 0.05) is 33.6 Å². The molecule has 1 aliphatic heterocycles. The normalized spacial score (nSPS) is 30.0. The number of hydrogen-bond donors (Lipinski definition) is 1. The van der Waals surface area contributed by atoms with Crippen molar-refractivity contribution in [2.45, 2.75) is 45.2 Å². The predicted octanol–water partition coefficient (Wildman–Crippen LogP) is 4.81. The molecule has 2 unspecified atom stereocenters. The van der Waals surface area contributed by atoms with Crippen LogP contribution in [0.5, 0.6) is 0 Å². The first-order valence-corrected chi connectivity index (χ1v) is 9.46. The van der Waals surface area contributed by atoms with E-state index in [1.807, 2.05) is 0 Å². The van der Waals surface area contributed by atoms with Crippen molar-refractivity contribution < 1.29 is 0 Å². The summed E-state index contributed by atoms with van der Waals surface area (Å²) in [5.41, 5.74) is 1.59. The number of rotatable bonds is 3. The number of piperazine rings is 1. The van der Waals surface area contributed by atoms with Crippen LogP contribution in [0.2, 0.25) is 0 Å². The van der Waals surface area contributed by atoms with E-state index in [1.54, 1.807) is 0 Å². The summed E-state index contributed by atoms with van der Waals surface area (Å²) in [6.45, 7) is 9.23. The maximum absolute atomic E-state index is 3.85. The quantitative estimate of drug-likeness (QED) is 0.761. The van der Waals surface area contributed by atoms with Crippen LogP contribution in [0, 0.1) is 11.8 Å². The molecule has 4 heteroatoms. The minimum absolute atomic E-state index is 0.262. The average Bonchev–Trinajstić information content (AvgIpc) is 3.22. The number of hydrogen-bond acceptors (Lipinski definition) is 2. The van der Waals surface area contributed by atoms with Gasteiger partial charge in [-0.05, 0) is 65.7 Å². The second-order valence-corrected chi connectivity index (χ2v) is 8.88. The van der Waals surface area contributed by atoms with Crippen LogP contribution in [-0.4, -0.2) is 24.7 Å². The molecule has 1 saturated heterocycles. The number of benzene rings is 1. The van der Waals surface area contributed by atoms with Crippen molar-refractivity contribution in [1.29, 1.82) is 0 Å². The molecule has 21 heavy (non-hydrogen) atoms. The summed E-state index contributed by atoms with van der Waals surface area (Å²) < 4.78 is 2.31. The zero-order valence-corrected chi connectivity index (χ0v) is 16.2. The lowest BCUT2D eigenvalue weighted by atomic mass is 9.87. The first kappa shape index (κ1) is 15.8. The van der Waals surface area contributed by atoms with E-state index in [2.05, 4.69) is 81.0 Å². The van der Waals surface area contributed by atoms with Crippen LogP contribution in [0.25, 0.3) is 0 Å². The second kappa shape index (κ2) is 5.86. The van der Waals surface area contributed by atoms with E-state index < -0.39 is 0 Å². The molecule has 0 aromatic heterocycles. The minimum atomic E-state index is 0.262. The van der Waals surface area contributed by atoms with Gasteiger partial charge in [-0.1, -0.05) is 29.8 Å². The summed E-state index contributed by atoms with van der Waals surface area (Å²) >= 11 is 7.32. The van der Waals surface area contributed by atoms with Crippen molar-refractivity contribution >= 4 is 37.5 Å². The van der Waals surface area contributed by atoms with Crippen molar-refractivity contribution in [3.63, 3.8) is 0 Å². The Morgan fingerprint density at radius 1 is 1.29 bits per heavy atom. The maximum Gasteiger partial charge on any atom is 0.0515 e. The molecule has 1 heterocycles. The van der Waals surface area contributed by atoms with Gasteiger partial charge in [0.2, 0.25) is 0 Å². The summed E-state index contributed by atoms with van der Waals surface area (Å²) in [5, 5.41) is 3.85. The lowest BCUT2D eigenvalue weighted by Crippen LogP contribution is -2.65. The van der Waals surface area contributed by atoms with Gasteiger partial charge in [0.15, 0.2) is 0 Å². The fourth-order valence-corrected chi connectivity index (χ4v) is 4.82. The third kappa shape index (κ3) is 3.18. The zero-order chi connectivity index (χ0) is 15.2. The molecule has 1 aromatic rings. The molecule has 116 valence electrons. The average molecular weight is 416 g/mol. The third-order valence-electron chi connectivity index (χ3n) is 5.08. The lowest BCUT2D eigenvalue weighted by molar-refractivity contribution is 0.233. The van der Waals surface area contributed by atoms with Crippen LogP contribution >= 0.6 is 31.9 Å². The van der Waals surface area contributed by atoms with Crippen molar-refractivity contribution in [3.8, 4) is 0 Å². The summed E-state index contributed by atoms with van der Waals surface area (Å²) in [6, 6.07) is 7.09. The largest absolute Gasteiger partial charge is 0.364 e. The highest BCUT2D eigenvalue weighted by molar-refractivity contribution is 9.11. The van der Waals surface area contributed by atoms with Crippen LogP contribution < -0.4 is 10.2 Å². The lowest BCUT2D eigenvalue weighted by Gasteiger charge is -2.49. The van der Waals surface area contributed by atoms with Crippen LogP contribution in [0.4, 0.5) is 5.69 Å². The van der Waals surface area contributed by atoms with Crippen LogP contribution in [0.15, 0.2) is 27.1 Å². The van der Waals surface area contributed by atoms with Gasteiger partial charge in [0.1, 0.15) is 0 Å². The van der Waals surface area contributed by atoms with E-state index in [1.165, 1.54) is 23.0 Å². The molecule has 2 fully saturated rings. The molecule has 0 amide bonds. The van der Waals surface area contributed by atoms with E-state index in [9.17, 15) is 0 Å². The highest BCUT2D eigenvalue weighted by atomic mass is 79.9. The SMILES string of the molecule is CC(C)C1CNC(C)(C2CC2)CN1c1ccc(Br)cc1Br. The second-order valence-electron chi connectivity index (χ2n) is 7.11. The summed E-state index contributed by atoms with van der Waals surface area (Å²) in [7, 11) is 0. The van der Waals surface area contributed by atoms with Crippen molar-refractivity contribution in [2.24, 2.45) is 11.8 Å². The Kier molecular flexibility index (Phi) is 4.41. The van der Waals surface area contributed by atoms with E-state index in [0.717, 1.165) is 23.5 Å². The Morgan fingerprint density at radius 3 is 2.57 bits per heavy atom. The van der Waals surface area contributed by atoms with Crippen molar-refractivity contribution in [3.05, 3.63) is 27.1 Å². The molecule has 2 nitrogen and oxygen atoms in total. The molecule has 0 bridgehead atoms. The Morgan fingerprint density at radius 2 is 2.00 bits per heavy atom. The topological polar surface area (TPSA) is 15.3 Å². The molecular formula is C17H24Br2N2. The smallest absolute Gasteiger partial charge is 0.0515 e. The molecule has 2 atom stereocenters. The van der Waals surface area contributed by atoms with Gasteiger partial charge in [-0.15, -0.1) is 0 Å². The molecule has 1 saturated carbocycles. The van der Waals surface area contributed by atoms with Gasteiger partial charge < -0.3 is 10.2 Å². The summed E-state index contributed by atoms with van der Waals surface area (Å²) in [6.07, 6.45) is 2.76. The Hall–Kier alpha value is -0.0600. The summed E-state index contributed by atoms with van der Waals surface area (Å²) in [4.78, 5) is 2.62. The van der Waals surface area contributed by atoms with E-state index in [-0.39, 0.29) is 5.54 Å². The van der Waals surface area contributed by atoms with E-state index in [4.69, 9.17) is 0 Å². The first-order chi connectivity index (χ1) is 9.90. The molecule has 1 aliphatic carbocycles. The fraction of sp³-hybridized carbons (Fsp3) is 0.647. The number of nitrogens with one attached hydrogen (secondary N) is 1. The highest BCUT2D eigenvalue weighted by Crippen LogP contribution is 2.43. The van der Waals surface area contributed by atoms with Crippen LogP contribution in [0.3, 0.4) is 0 Å². The highest BCUT2D eigenvalue weighted by Gasteiger charge is 2.46. The minimum Gasteiger partial charge on any atom is -0.364 e. The number of nitrogens with zero attached hydrogens (tertiary/aromatic N) is 1. The zero-order valence-electron chi connectivity index (χ0n) is 13.0. The molecular weight excluding hydrogens is 392 g/mol. The Balaban J connectivity index is 1.93. The van der Waals surface area contributed by atoms with E-state index in [0.29, 0.717) is 12.0 Å². The van der Waals surface area contributed by atoms with Crippen molar-refractivity contribution in [1.82, 2.24) is 5.32 Å². The van der Waals surface area contributed by atoms with Gasteiger partial charge in [-0.2, -0.15) is 0 Å². The van der Waals surface area contributed by atoms with Gasteiger partial charge in [-0.25, -0.2) is 0 Å². The molecule has 3 rings (SSSR count). The Labute approximate surface area is 144 Å². The van der Waals surface area contributed by atoms with Crippen LogP contribution in [-0.2, 0) is 0 Å². The fourth-order valence-electron chi connectivity index (χ4n) is 3.54. The molecule has 2 aliphatic rings. The van der Waals surface area contributed by atoms with Gasteiger partial charge >= 0.3 is 0 Å². The monoisotopic (exact) mass is 414 g/mol. The Bertz CT molecular complexity index is 528. The van der Waals surface area contributed by atoms with Gasteiger partial charge in [0.25, 0.3) is 0 Å². The maximum atomic E-state index is 3.85. The molecule has 1 aromatic carbocycles. The van der Waals surface area contributed by atoms with E-state index >= 15 is 0 Å². The molecule has 0 spiro atoms. The predicted molar refractivity (Wildman–Crippen MR) is 96.9 cm³/mol.